The molecule has 0 heterocycles. The third-order valence-electron chi connectivity index (χ3n) is 3.81. The van der Waals surface area contributed by atoms with Crippen molar-refractivity contribution in [2.45, 2.75) is 44.9 Å². The van der Waals surface area contributed by atoms with Crippen molar-refractivity contribution in [3.63, 3.8) is 0 Å². The minimum absolute atomic E-state index is 0.195. The Labute approximate surface area is 85.0 Å². The predicted octanol–water partition coefficient (Wildman–Crippen LogP) is 2.22. The van der Waals surface area contributed by atoms with Crippen molar-refractivity contribution in [1.29, 1.82) is 0 Å². The summed E-state index contributed by atoms with van der Waals surface area (Å²) in [4.78, 5) is 11.3. The lowest BCUT2D eigenvalue weighted by Gasteiger charge is -2.41. The zero-order valence-corrected chi connectivity index (χ0v) is 8.59. The molecule has 2 rings (SSSR count). The van der Waals surface area contributed by atoms with Crippen LogP contribution in [0.4, 0.5) is 0 Å². The molecule has 0 aromatic heterocycles. The Bertz CT molecular complexity index is 263. The lowest BCUT2D eigenvalue weighted by Crippen LogP contribution is -2.32. The van der Waals surface area contributed by atoms with Gasteiger partial charge < -0.3 is 5.11 Å². The van der Waals surface area contributed by atoms with E-state index in [1.165, 1.54) is 24.8 Å². The van der Waals surface area contributed by atoms with Crippen LogP contribution < -0.4 is 0 Å². The molecule has 78 valence electrons. The summed E-state index contributed by atoms with van der Waals surface area (Å²) in [5.74, 6) is 0.287. The van der Waals surface area contributed by atoms with Crippen LogP contribution >= 0.6 is 0 Å². The van der Waals surface area contributed by atoms with Crippen LogP contribution in [0.3, 0.4) is 0 Å². The summed E-state index contributed by atoms with van der Waals surface area (Å²) in [5.41, 5.74) is 1.52. The van der Waals surface area contributed by atoms with Crippen molar-refractivity contribution in [1.82, 2.24) is 0 Å². The smallest absolute Gasteiger partial charge is 0.155 e. The van der Waals surface area contributed by atoms with Crippen molar-refractivity contribution in [2.24, 2.45) is 5.41 Å². The first-order valence-electron chi connectivity index (χ1n) is 5.62. The van der Waals surface area contributed by atoms with Crippen molar-refractivity contribution in [3.05, 3.63) is 11.6 Å². The maximum atomic E-state index is 11.3. The molecule has 2 aliphatic carbocycles. The third kappa shape index (κ3) is 1.63. The number of ketones is 1. The van der Waals surface area contributed by atoms with Gasteiger partial charge in [-0.3, -0.25) is 4.79 Å². The molecule has 0 spiro atoms. The minimum atomic E-state index is 0.195. The highest BCUT2D eigenvalue weighted by atomic mass is 16.3. The lowest BCUT2D eigenvalue weighted by atomic mass is 9.63. The normalized spacial score (nSPS) is 32.4. The molecule has 14 heavy (non-hydrogen) atoms. The van der Waals surface area contributed by atoms with Gasteiger partial charge in [0.2, 0.25) is 0 Å². The molecule has 0 amide bonds. The van der Waals surface area contributed by atoms with Crippen LogP contribution in [0.5, 0.6) is 0 Å². The standard InChI is InChI=1S/C12H18O2/c13-8-7-12-5-2-1-3-10(12)9-11(14)4-6-12/h9,13H,1-8H2. The van der Waals surface area contributed by atoms with E-state index in [2.05, 4.69) is 0 Å². The van der Waals surface area contributed by atoms with Crippen LogP contribution in [0.1, 0.15) is 44.9 Å². The quantitative estimate of drug-likeness (QED) is 0.731. The van der Waals surface area contributed by atoms with Gasteiger partial charge in [0.15, 0.2) is 5.78 Å². The number of rotatable bonds is 2. The number of carbonyl (C=O) groups is 1. The summed E-state index contributed by atoms with van der Waals surface area (Å²) < 4.78 is 0. The molecule has 1 unspecified atom stereocenters. The van der Waals surface area contributed by atoms with Crippen molar-refractivity contribution < 1.29 is 9.90 Å². The van der Waals surface area contributed by atoms with Crippen molar-refractivity contribution in [3.8, 4) is 0 Å². The van der Waals surface area contributed by atoms with E-state index in [-0.39, 0.29) is 17.8 Å². The molecule has 0 aliphatic heterocycles. The fourth-order valence-corrected chi connectivity index (χ4v) is 2.97. The van der Waals surface area contributed by atoms with Gasteiger partial charge in [0.1, 0.15) is 0 Å². The van der Waals surface area contributed by atoms with Gasteiger partial charge >= 0.3 is 0 Å². The van der Waals surface area contributed by atoms with Crippen LogP contribution in [0.15, 0.2) is 11.6 Å². The molecule has 0 aromatic carbocycles. The molecular formula is C12H18O2. The summed E-state index contributed by atoms with van der Waals surface area (Å²) in [5, 5.41) is 9.11. The highest BCUT2D eigenvalue weighted by Gasteiger charge is 2.38. The SMILES string of the molecule is O=C1C=C2CCCCC2(CCO)CC1. The second-order valence-electron chi connectivity index (χ2n) is 4.60. The van der Waals surface area contributed by atoms with Crippen LogP contribution in [-0.2, 0) is 4.79 Å². The van der Waals surface area contributed by atoms with E-state index in [9.17, 15) is 4.79 Å². The largest absolute Gasteiger partial charge is 0.396 e. The number of aliphatic hydroxyl groups is 1. The van der Waals surface area contributed by atoms with Gasteiger partial charge in [0.05, 0.1) is 0 Å². The topological polar surface area (TPSA) is 37.3 Å². The first-order valence-corrected chi connectivity index (χ1v) is 5.62. The van der Waals surface area contributed by atoms with Gasteiger partial charge in [-0.15, -0.1) is 0 Å². The van der Waals surface area contributed by atoms with Gasteiger partial charge in [-0.05, 0) is 43.6 Å². The summed E-state index contributed by atoms with van der Waals surface area (Å²) in [6.07, 6.45) is 9.09. The Balaban J connectivity index is 2.25. The molecule has 0 radical (unpaired) electrons. The van der Waals surface area contributed by atoms with E-state index < -0.39 is 0 Å². The van der Waals surface area contributed by atoms with Crippen molar-refractivity contribution >= 4 is 5.78 Å². The number of hydrogen-bond acceptors (Lipinski definition) is 2. The maximum Gasteiger partial charge on any atom is 0.155 e. The van der Waals surface area contributed by atoms with Crippen LogP contribution in [0, 0.1) is 5.41 Å². The first-order chi connectivity index (χ1) is 6.77. The molecule has 1 saturated carbocycles. The maximum absolute atomic E-state index is 11.3. The van der Waals surface area contributed by atoms with E-state index in [1.807, 2.05) is 6.08 Å². The van der Waals surface area contributed by atoms with Gasteiger partial charge in [-0.25, -0.2) is 0 Å². The first kappa shape index (κ1) is 9.91. The van der Waals surface area contributed by atoms with Crippen LogP contribution in [0.2, 0.25) is 0 Å². The average Bonchev–Trinajstić information content (AvgIpc) is 2.19. The molecule has 2 nitrogen and oxygen atoms in total. The van der Waals surface area contributed by atoms with Gasteiger partial charge in [0.25, 0.3) is 0 Å². The summed E-state index contributed by atoms with van der Waals surface area (Å²) in [6, 6.07) is 0. The summed E-state index contributed by atoms with van der Waals surface area (Å²) >= 11 is 0. The van der Waals surface area contributed by atoms with Crippen molar-refractivity contribution in [2.75, 3.05) is 6.61 Å². The molecule has 0 bridgehead atoms. The number of hydrogen-bond donors (Lipinski definition) is 1. The number of aliphatic hydroxyl groups excluding tert-OH is 1. The Morgan fingerprint density at radius 1 is 1.29 bits per heavy atom. The number of fused-ring (bicyclic) bond motifs is 1. The van der Waals surface area contributed by atoms with Crippen LogP contribution in [-0.4, -0.2) is 17.5 Å². The summed E-state index contributed by atoms with van der Waals surface area (Å²) in [6.45, 7) is 0.255. The zero-order chi connectivity index (χ0) is 10.0. The second-order valence-corrected chi connectivity index (χ2v) is 4.60. The van der Waals surface area contributed by atoms with E-state index in [0.29, 0.717) is 6.42 Å². The molecule has 0 aromatic rings. The molecule has 2 aliphatic rings. The van der Waals surface area contributed by atoms with Gasteiger partial charge in [-0.1, -0.05) is 12.0 Å². The number of carbonyl (C=O) groups excluding carboxylic acids is 1. The van der Waals surface area contributed by atoms with Gasteiger partial charge in [-0.2, -0.15) is 0 Å². The second kappa shape index (κ2) is 3.85. The van der Waals surface area contributed by atoms with E-state index >= 15 is 0 Å². The highest BCUT2D eigenvalue weighted by molar-refractivity contribution is 5.91. The van der Waals surface area contributed by atoms with E-state index in [4.69, 9.17) is 5.11 Å². The Morgan fingerprint density at radius 3 is 2.93 bits per heavy atom. The number of allylic oxidation sites excluding steroid dienone is 2. The molecule has 1 atom stereocenters. The zero-order valence-electron chi connectivity index (χ0n) is 8.59. The van der Waals surface area contributed by atoms with Crippen LogP contribution in [0.25, 0.3) is 0 Å². The molecule has 0 saturated heterocycles. The molecule has 1 fully saturated rings. The molecular weight excluding hydrogens is 176 g/mol. The minimum Gasteiger partial charge on any atom is -0.396 e. The van der Waals surface area contributed by atoms with Gasteiger partial charge in [0, 0.05) is 13.0 Å². The Hall–Kier alpha value is -0.630. The highest BCUT2D eigenvalue weighted by Crippen LogP contribution is 2.48. The average molecular weight is 194 g/mol. The predicted molar refractivity (Wildman–Crippen MR) is 54.9 cm³/mol. The summed E-state index contributed by atoms with van der Waals surface area (Å²) in [7, 11) is 0. The van der Waals surface area contributed by atoms with E-state index in [1.54, 1.807) is 0 Å². The molecule has 1 N–H and O–H groups in total. The fraction of sp³-hybridized carbons (Fsp3) is 0.750. The Morgan fingerprint density at radius 2 is 2.14 bits per heavy atom. The lowest BCUT2D eigenvalue weighted by molar-refractivity contribution is -0.116. The van der Waals surface area contributed by atoms with E-state index in [0.717, 1.165) is 19.3 Å². The monoisotopic (exact) mass is 194 g/mol. The third-order valence-corrected chi connectivity index (χ3v) is 3.81. The fourth-order valence-electron chi connectivity index (χ4n) is 2.97. The molecule has 2 heteroatoms. The Kier molecular flexibility index (Phi) is 2.73.